The van der Waals surface area contributed by atoms with Gasteiger partial charge in [0, 0.05) is 10.4 Å². The first-order chi connectivity index (χ1) is 9.31. The maximum atomic E-state index is 13.7. The van der Waals surface area contributed by atoms with Crippen molar-refractivity contribution >= 4 is 27.1 Å². The van der Waals surface area contributed by atoms with E-state index >= 15 is 0 Å². The third kappa shape index (κ3) is 2.88. The van der Waals surface area contributed by atoms with Crippen LogP contribution < -0.4 is 0 Å². The molecule has 7 heteroatoms. The van der Waals surface area contributed by atoms with Gasteiger partial charge in [0.2, 0.25) is 0 Å². The first-order valence-electron chi connectivity index (χ1n) is 5.60. The lowest BCUT2D eigenvalue weighted by molar-refractivity contribution is 0.0696. The number of hydrogen-bond donors (Lipinski definition) is 1. The van der Waals surface area contributed by atoms with Crippen LogP contribution in [0.5, 0.6) is 0 Å². The summed E-state index contributed by atoms with van der Waals surface area (Å²) in [7, 11) is -3.79. The maximum Gasteiger partial charge on any atom is 0.335 e. The molecule has 0 amide bonds. The van der Waals surface area contributed by atoms with E-state index in [9.17, 15) is 17.6 Å². The van der Waals surface area contributed by atoms with Crippen LogP contribution in [0.15, 0.2) is 34.5 Å². The number of carbonyl (C=O) groups is 1. The van der Waals surface area contributed by atoms with E-state index in [4.69, 9.17) is 5.11 Å². The molecule has 0 aliphatic rings. The van der Waals surface area contributed by atoms with E-state index in [1.165, 1.54) is 18.3 Å². The van der Waals surface area contributed by atoms with Gasteiger partial charge in [0.1, 0.15) is 5.82 Å². The lowest BCUT2D eigenvalue weighted by Gasteiger charge is -2.09. The SMILES string of the molecule is Cc1c(F)cc(C(=O)O)cc1S(=O)(=O)Cc1cccs1. The average Bonchev–Trinajstić information content (AvgIpc) is 2.83. The molecule has 0 bridgehead atoms. The fraction of sp³-hybridized carbons (Fsp3) is 0.154. The molecule has 1 N–H and O–H groups in total. The molecule has 2 aromatic rings. The van der Waals surface area contributed by atoms with E-state index in [0.717, 1.165) is 12.1 Å². The first kappa shape index (κ1) is 14.7. The van der Waals surface area contributed by atoms with Crippen LogP contribution in [0.4, 0.5) is 4.39 Å². The Kier molecular flexibility index (Phi) is 3.92. The number of carboxylic acid groups (broad SMARTS) is 1. The minimum absolute atomic E-state index is 0.0634. The molecule has 0 saturated carbocycles. The van der Waals surface area contributed by atoms with Crippen LogP contribution in [0.25, 0.3) is 0 Å². The van der Waals surface area contributed by atoms with Gasteiger partial charge in [-0.3, -0.25) is 0 Å². The quantitative estimate of drug-likeness (QED) is 0.942. The van der Waals surface area contributed by atoms with Gasteiger partial charge in [0.05, 0.1) is 16.2 Å². The molecule has 0 radical (unpaired) electrons. The van der Waals surface area contributed by atoms with Crippen molar-refractivity contribution in [2.45, 2.75) is 17.6 Å². The first-order valence-corrected chi connectivity index (χ1v) is 8.13. The van der Waals surface area contributed by atoms with Gasteiger partial charge in [-0.15, -0.1) is 11.3 Å². The molecular formula is C13H11FO4S2. The fourth-order valence-corrected chi connectivity index (χ4v) is 4.48. The number of rotatable bonds is 4. The highest BCUT2D eigenvalue weighted by Gasteiger charge is 2.22. The normalized spacial score (nSPS) is 11.5. The summed E-state index contributed by atoms with van der Waals surface area (Å²) in [5.74, 6) is -2.47. The Labute approximate surface area is 119 Å². The molecule has 0 atom stereocenters. The number of aromatic carboxylic acids is 1. The number of benzene rings is 1. The lowest BCUT2D eigenvalue weighted by atomic mass is 10.1. The zero-order valence-electron chi connectivity index (χ0n) is 10.5. The summed E-state index contributed by atoms with van der Waals surface area (Å²) in [4.78, 5) is 11.2. The maximum absolute atomic E-state index is 13.7. The second kappa shape index (κ2) is 5.34. The van der Waals surface area contributed by atoms with Gasteiger partial charge >= 0.3 is 5.97 Å². The number of hydrogen-bond acceptors (Lipinski definition) is 4. The Morgan fingerprint density at radius 1 is 1.40 bits per heavy atom. The predicted octanol–water partition coefficient (Wildman–Crippen LogP) is 2.87. The molecular weight excluding hydrogens is 303 g/mol. The lowest BCUT2D eigenvalue weighted by Crippen LogP contribution is -2.10. The molecule has 0 saturated heterocycles. The smallest absolute Gasteiger partial charge is 0.335 e. The van der Waals surface area contributed by atoms with Gasteiger partial charge in [0.15, 0.2) is 9.84 Å². The number of sulfone groups is 1. The highest BCUT2D eigenvalue weighted by molar-refractivity contribution is 7.90. The summed E-state index contributed by atoms with van der Waals surface area (Å²) in [5, 5.41) is 10.6. The predicted molar refractivity (Wildman–Crippen MR) is 73.3 cm³/mol. The Morgan fingerprint density at radius 2 is 2.10 bits per heavy atom. The van der Waals surface area contributed by atoms with Gasteiger partial charge in [-0.25, -0.2) is 17.6 Å². The van der Waals surface area contributed by atoms with Gasteiger partial charge in [-0.05, 0) is 30.5 Å². The van der Waals surface area contributed by atoms with E-state index < -0.39 is 21.6 Å². The largest absolute Gasteiger partial charge is 0.478 e. The molecule has 0 aliphatic carbocycles. The van der Waals surface area contributed by atoms with Crippen molar-refractivity contribution < 1.29 is 22.7 Å². The monoisotopic (exact) mass is 314 g/mol. The third-order valence-electron chi connectivity index (χ3n) is 2.79. The topological polar surface area (TPSA) is 71.4 Å². The molecule has 1 aromatic carbocycles. The molecule has 2 rings (SSSR count). The third-order valence-corrected chi connectivity index (χ3v) is 5.64. The number of thiophene rings is 1. The van der Waals surface area contributed by atoms with Crippen LogP contribution in [0.2, 0.25) is 0 Å². The van der Waals surface area contributed by atoms with E-state index in [0.29, 0.717) is 4.88 Å². The summed E-state index contributed by atoms with van der Waals surface area (Å²) in [6.45, 7) is 1.32. The highest BCUT2D eigenvalue weighted by Crippen LogP contribution is 2.25. The van der Waals surface area contributed by atoms with Crippen LogP contribution in [0, 0.1) is 12.7 Å². The molecule has 1 heterocycles. The van der Waals surface area contributed by atoms with Crippen molar-refractivity contribution in [3.8, 4) is 0 Å². The van der Waals surface area contributed by atoms with Crippen molar-refractivity contribution in [1.82, 2.24) is 0 Å². The second-order valence-electron chi connectivity index (χ2n) is 4.22. The number of carboxylic acids is 1. The van der Waals surface area contributed by atoms with Crippen molar-refractivity contribution in [3.05, 3.63) is 51.5 Å². The average molecular weight is 314 g/mol. The van der Waals surface area contributed by atoms with Crippen LogP contribution in [0.1, 0.15) is 20.8 Å². The van der Waals surface area contributed by atoms with E-state index in [1.54, 1.807) is 17.5 Å². The van der Waals surface area contributed by atoms with Crippen LogP contribution in [0.3, 0.4) is 0 Å². The van der Waals surface area contributed by atoms with E-state index in [1.807, 2.05) is 0 Å². The van der Waals surface area contributed by atoms with E-state index in [2.05, 4.69) is 0 Å². The number of halogens is 1. The molecule has 0 spiro atoms. The van der Waals surface area contributed by atoms with Gasteiger partial charge in [-0.2, -0.15) is 0 Å². The Bertz CT molecular complexity index is 749. The zero-order valence-corrected chi connectivity index (χ0v) is 12.1. The molecule has 0 fully saturated rings. The Morgan fingerprint density at radius 3 is 2.65 bits per heavy atom. The minimum Gasteiger partial charge on any atom is -0.478 e. The molecule has 0 unspecified atom stereocenters. The van der Waals surface area contributed by atoms with Gasteiger partial charge < -0.3 is 5.11 Å². The molecule has 106 valence electrons. The van der Waals surface area contributed by atoms with Crippen LogP contribution in [-0.4, -0.2) is 19.5 Å². The van der Waals surface area contributed by atoms with Crippen LogP contribution in [-0.2, 0) is 15.6 Å². The van der Waals surface area contributed by atoms with Crippen molar-refractivity contribution in [3.63, 3.8) is 0 Å². The van der Waals surface area contributed by atoms with Crippen LogP contribution >= 0.6 is 11.3 Å². The Balaban J connectivity index is 2.53. The molecule has 1 aromatic heterocycles. The summed E-state index contributed by atoms with van der Waals surface area (Å²) in [5.41, 5.74) is -0.440. The highest BCUT2D eigenvalue weighted by atomic mass is 32.2. The molecule has 20 heavy (non-hydrogen) atoms. The second-order valence-corrected chi connectivity index (χ2v) is 7.22. The standard InChI is InChI=1S/C13H11FO4S2/c1-8-11(14)5-9(13(15)16)6-12(8)20(17,18)7-10-3-2-4-19-10/h2-6H,7H2,1H3,(H,15,16). The van der Waals surface area contributed by atoms with Gasteiger partial charge in [-0.1, -0.05) is 6.07 Å². The van der Waals surface area contributed by atoms with Crippen molar-refractivity contribution in [2.75, 3.05) is 0 Å². The van der Waals surface area contributed by atoms with Crippen molar-refractivity contribution in [1.29, 1.82) is 0 Å². The zero-order chi connectivity index (χ0) is 14.9. The summed E-state index contributed by atoms with van der Waals surface area (Å²) in [6, 6.07) is 5.21. The summed E-state index contributed by atoms with van der Waals surface area (Å²) >= 11 is 1.28. The summed E-state index contributed by atoms with van der Waals surface area (Å²) in [6.07, 6.45) is 0. The van der Waals surface area contributed by atoms with Crippen molar-refractivity contribution in [2.24, 2.45) is 0 Å². The Hall–Kier alpha value is -1.73. The molecule has 4 nitrogen and oxygen atoms in total. The molecule has 0 aliphatic heterocycles. The minimum atomic E-state index is -3.79. The van der Waals surface area contributed by atoms with E-state index in [-0.39, 0.29) is 21.8 Å². The summed E-state index contributed by atoms with van der Waals surface area (Å²) < 4.78 is 38.3. The van der Waals surface area contributed by atoms with Gasteiger partial charge in [0.25, 0.3) is 0 Å². The fourth-order valence-electron chi connectivity index (χ4n) is 1.76.